The molecule has 7 nitrogen and oxygen atoms in total. The van der Waals surface area contributed by atoms with Crippen LogP contribution in [-0.2, 0) is 6.54 Å². The molecule has 3 rings (SSSR count). The number of carbonyl (C=O) groups excluding carboxylic acids is 1. The molecule has 130 valence electrons. The van der Waals surface area contributed by atoms with Gasteiger partial charge in [-0.05, 0) is 31.5 Å². The van der Waals surface area contributed by atoms with E-state index in [1.54, 1.807) is 22.8 Å². The van der Waals surface area contributed by atoms with Crippen molar-refractivity contribution in [3.8, 4) is 5.69 Å². The zero-order valence-corrected chi connectivity index (χ0v) is 15.2. The molecule has 1 unspecified atom stereocenters. The maximum Gasteiger partial charge on any atom is 0.317 e. The Hall–Kier alpha value is -2.74. The van der Waals surface area contributed by atoms with E-state index in [4.69, 9.17) is 0 Å². The largest absolute Gasteiger partial charge is 0.331 e. The molecule has 0 saturated heterocycles. The van der Waals surface area contributed by atoms with Crippen LogP contribution in [0.1, 0.15) is 28.5 Å². The summed E-state index contributed by atoms with van der Waals surface area (Å²) < 4.78 is 1.80. The van der Waals surface area contributed by atoms with E-state index >= 15 is 0 Å². The van der Waals surface area contributed by atoms with Crippen molar-refractivity contribution in [1.29, 1.82) is 0 Å². The van der Waals surface area contributed by atoms with Gasteiger partial charge in [-0.25, -0.2) is 9.48 Å². The first-order valence-corrected chi connectivity index (χ1v) is 8.76. The van der Waals surface area contributed by atoms with Crippen molar-refractivity contribution in [2.24, 2.45) is 0 Å². The number of rotatable bonds is 5. The highest BCUT2D eigenvalue weighted by Crippen LogP contribution is 2.21. The summed E-state index contributed by atoms with van der Waals surface area (Å²) in [5.41, 5.74) is 1.95. The maximum atomic E-state index is 12.5. The van der Waals surface area contributed by atoms with Crippen LogP contribution >= 0.6 is 11.3 Å². The molecule has 2 aromatic heterocycles. The first kappa shape index (κ1) is 17.1. The number of urea groups is 1. The lowest BCUT2D eigenvalue weighted by molar-refractivity contribution is 0.203. The number of carbonyl (C=O) groups is 1. The smallest absolute Gasteiger partial charge is 0.317 e. The number of para-hydroxylation sites is 1. The van der Waals surface area contributed by atoms with Gasteiger partial charge in [0.15, 0.2) is 0 Å². The molecule has 0 fully saturated rings. The van der Waals surface area contributed by atoms with Gasteiger partial charge in [0.1, 0.15) is 10.0 Å². The van der Waals surface area contributed by atoms with Gasteiger partial charge in [-0.3, -0.25) is 0 Å². The summed E-state index contributed by atoms with van der Waals surface area (Å²) in [7, 11) is 1.75. The Morgan fingerprint density at radius 1 is 1.32 bits per heavy atom. The van der Waals surface area contributed by atoms with Gasteiger partial charge >= 0.3 is 6.03 Å². The van der Waals surface area contributed by atoms with Gasteiger partial charge in [-0.1, -0.05) is 29.5 Å². The minimum absolute atomic E-state index is 0.157. The molecule has 3 aromatic rings. The second-order valence-electron chi connectivity index (χ2n) is 5.75. The van der Waals surface area contributed by atoms with Crippen LogP contribution in [0.4, 0.5) is 4.79 Å². The van der Waals surface area contributed by atoms with Crippen LogP contribution in [0.2, 0.25) is 0 Å². The average Bonchev–Trinajstić information content (AvgIpc) is 3.26. The van der Waals surface area contributed by atoms with E-state index in [1.807, 2.05) is 50.4 Å². The number of hydrogen-bond donors (Lipinski definition) is 1. The van der Waals surface area contributed by atoms with Gasteiger partial charge in [-0.15, -0.1) is 10.2 Å². The SMILES string of the molecule is Cc1nnc(CN(C)C(=O)NC(C)c2ccccc2-n2cccn2)s1. The van der Waals surface area contributed by atoms with Crippen molar-refractivity contribution in [2.75, 3.05) is 7.05 Å². The number of nitrogens with one attached hydrogen (secondary N) is 1. The Labute approximate surface area is 150 Å². The lowest BCUT2D eigenvalue weighted by Gasteiger charge is -2.22. The number of aromatic nitrogens is 4. The van der Waals surface area contributed by atoms with Crippen molar-refractivity contribution < 1.29 is 4.79 Å². The average molecular weight is 356 g/mol. The Morgan fingerprint density at radius 3 is 2.80 bits per heavy atom. The number of nitrogens with zero attached hydrogens (tertiary/aromatic N) is 5. The molecule has 2 amide bonds. The van der Waals surface area contributed by atoms with Crippen LogP contribution in [0.5, 0.6) is 0 Å². The van der Waals surface area contributed by atoms with E-state index in [-0.39, 0.29) is 12.1 Å². The summed E-state index contributed by atoms with van der Waals surface area (Å²) in [5, 5.41) is 17.1. The molecular weight excluding hydrogens is 336 g/mol. The Morgan fingerprint density at radius 2 is 2.12 bits per heavy atom. The zero-order valence-electron chi connectivity index (χ0n) is 14.4. The van der Waals surface area contributed by atoms with E-state index in [0.29, 0.717) is 6.54 Å². The number of hydrogen-bond acceptors (Lipinski definition) is 5. The van der Waals surface area contributed by atoms with E-state index in [0.717, 1.165) is 21.3 Å². The van der Waals surface area contributed by atoms with E-state index in [9.17, 15) is 4.79 Å². The number of aryl methyl sites for hydroxylation is 1. The topological polar surface area (TPSA) is 75.9 Å². The van der Waals surface area contributed by atoms with Gasteiger partial charge < -0.3 is 10.2 Å². The number of amides is 2. The zero-order chi connectivity index (χ0) is 17.8. The molecule has 0 aliphatic heterocycles. The summed E-state index contributed by atoms with van der Waals surface area (Å²) in [6.45, 7) is 4.30. The fourth-order valence-electron chi connectivity index (χ4n) is 2.52. The normalized spacial score (nSPS) is 12.0. The van der Waals surface area contributed by atoms with Crippen LogP contribution in [0.3, 0.4) is 0 Å². The molecule has 0 spiro atoms. The van der Waals surface area contributed by atoms with Crippen molar-refractivity contribution in [3.63, 3.8) is 0 Å². The summed E-state index contributed by atoms with van der Waals surface area (Å²) in [6, 6.07) is 9.45. The molecule has 2 heterocycles. The molecule has 1 aromatic carbocycles. The minimum atomic E-state index is -0.161. The Kier molecular flexibility index (Phi) is 5.08. The predicted octanol–water partition coefficient (Wildman–Crippen LogP) is 2.93. The Balaban J connectivity index is 1.70. The second kappa shape index (κ2) is 7.43. The quantitative estimate of drug-likeness (QED) is 0.763. The molecular formula is C17H20N6OS. The van der Waals surface area contributed by atoms with Crippen molar-refractivity contribution in [3.05, 3.63) is 58.3 Å². The maximum absolute atomic E-state index is 12.5. The summed E-state index contributed by atoms with van der Waals surface area (Å²) in [6.07, 6.45) is 3.62. The highest BCUT2D eigenvalue weighted by Gasteiger charge is 2.17. The fraction of sp³-hybridized carbons (Fsp3) is 0.294. The van der Waals surface area contributed by atoms with Gasteiger partial charge in [0, 0.05) is 19.4 Å². The third-order valence-corrected chi connectivity index (χ3v) is 4.60. The third-order valence-electron chi connectivity index (χ3n) is 3.78. The van der Waals surface area contributed by atoms with Gasteiger partial charge in [-0.2, -0.15) is 5.10 Å². The number of benzene rings is 1. The first-order chi connectivity index (χ1) is 12.0. The standard InChI is InChI=1S/C17H20N6OS/c1-12(14-7-4-5-8-15(14)23-10-6-9-18-23)19-17(24)22(3)11-16-21-20-13(2)25-16/h4-10,12H,11H2,1-3H3,(H,19,24). The molecule has 0 aliphatic rings. The molecule has 0 radical (unpaired) electrons. The van der Waals surface area contributed by atoms with E-state index in [2.05, 4.69) is 20.6 Å². The summed E-state index contributed by atoms with van der Waals surface area (Å²) >= 11 is 1.49. The van der Waals surface area contributed by atoms with Crippen LogP contribution in [0.25, 0.3) is 5.69 Å². The van der Waals surface area contributed by atoms with Crippen LogP contribution in [-0.4, -0.2) is 38.0 Å². The van der Waals surface area contributed by atoms with E-state index in [1.165, 1.54) is 11.3 Å². The lowest BCUT2D eigenvalue weighted by Crippen LogP contribution is -2.38. The van der Waals surface area contributed by atoms with E-state index < -0.39 is 0 Å². The highest BCUT2D eigenvalue weighted by atomic mass is 32.1. The molecule has 1 N–H and O–H groups in total. The summed E-state index contributed by atoms with van der Waals surface area (Å²) in [5.74, 6) is 0. The molecule has 1 atom stereocenters. The Bertz CT molecular complexity index is 844. The molecule has 8 heteroatoms. The van der Waals surface area contributed by atoms with Gasteiger partial charge in [0.25, 0.3) is 0 Å². The first-order valence-electron chi connectivity index (χ1n) is 7.94. The molecule has 0 aliphatic carbocycles. The van der Waals surface area contributed by atoms with Crippen molar-refractivity contribution in [2.45, 2.75) is 26.4 Å². The van der Waals surface area contributed by atoms with Crippen molar-refractivity contribution in [1.82, 2.24) is 30.2 Å². The second-order valence-corrected chi connectivity index (χ2v) is 7.02. The van der Waals surface area contributed by atoms with Crippen LogP contribution in [0.15, 0.2) is 42.7 Å². The van der Waals surface area contributed by atoms with Gasteiger partial charge in [0.05, 0.1) is 18.3 Å². The van der Waals surface area contributed by atoms with Crippen LogP contribution < -0.4 is 5.32 Å². The fourth-order valence-corrected chi connectivity index (χ4v) is 3.29. The van der Waals surface area contributed by atoms with Crippen molar-refractivity contribution >= 4 is 17.4 Å². The minimum Gasteiger partial charge on any atom is -0.331 e. The molecule has 0 saturated carbocycles. The molecule has 0 bridgehead atoms. The monoisotopic (exact) mass is 356 g/mol. The summed E-state index contributed by atoms with van der Waals surface area (Å²) in [4.78, 5) is 14.1. The highest BCUT2D eigenvalue weighted by molar-refractivity contribution is 7.11. The molecule has 25 heavy (non-hydrogen) atoms. The lowest BCUT2D eigenvalue weighted by atomic mass is 10.1. The van der Waals surface area contributed by atoms with Gasteiger partial charge in [0.2, 0.25) is 0 Å². The predicted molar refractivity (Wildman–Crippen MR) is 96.6 cm³/mol. The third kappa shape index (κ3) is 4.03. The van der Waals surface area contributed by atoms with Crippen LogP contribution in [0, 0.1) is 6.92 Å².